The first-order valence-electron chi connectivity index (χ1n) is 11.1. The molecule has 1 amide bonds. The Kier molecular flexibility index (Phi) is 6.92. The number of carbonyl (C=O) groups excluding carboxylic acids is 1. The molecule has 3 heterocycles. The maximum absolute atomic E-state index is 13.5. The molecule has 0 spiro atoms. The van der Waals surface area contributed by atoms with Crippen LogP contribution in [0.4, 0.5) is 24.7 Å². The van der Waals surface area contributed by atoms with E-state index in [1.54, 1.807) is 11.9 Å². The summed E-state index contributed by atoms with van der Waals surface area (Å²) in [4.78, 5) is 27.8. The van der Waals surface area contributed by atoms with E-state index >= 15 is 0 Å². The van der Waals surface area contributed by atoms with Crippen molar-refractivity contribution in [2.45, 2.75) is 32.0 Å². The van der Waals surface area contributed by atoms with E-state index in [0.717, 1.165) is 17.7 Å². The molecule has 0 fully saturated rings. The minimum atomic E-state index is -4.53. The summed E-state index contributed by atoms with van der Waals surface area (Å²) in [6.07, 6.45) is 0.141. The summed E-state index contributed by atoms with van der Waals surface area (Å²) in [6.45, 7) is 1.99. The SMILES string of the molecule is CN1CCN(C)C(=O)CCCCOc2cc(cc(C(F)(F)F)c2)Nc2ncnc3[nH]cc(c23)C1. The first kappa shape index (κ1) is 23.8. The Labute approximate surface area is 195 Å². The third-order valence-electron chi connectivity index (χ3n) is 5.78. The van der Waals surface area contributed by atoms with E-state index in [2.05, 4.69) is 25.2 Å². The van der Waals surface area contributed by atoms with E-state index < -0.39 is 11.7 Å². The maximum atomic E-state index is 13.5. The molecule has 0 atom stereocenters. The average molecular weight is 477 g/mol. The van der Waals surface area contributed by atoms with E-state index in [1.807, 2.05) is 13.2 Å². The number of likely N-dealkylation sites (N-methyl/N-ethyl adjacent to an activating group) is 2. The van der Waals surface area contributed by atoms with Gasteiger partial charge in [0.25, 0.3) is 0 Å². The molecule has 1 aromatic carbocycles. The fourth-order valence-electron chi connectivity index (χ4n) is 3.88. The third kappa shape index (κ3) is 5.58. The lowest BCUT2D eigenvalue weighted by atomic mass is 10.1. The molecular weight excluding hydrogens is 449 g/mol. The van der Waals surface area contributed by atoms with Gasteiger partial charge in [0.15, 0.2) is 0 Å². The molecule has 0 saturated heterocycles. The largest absolute Gasteiger partial charge is 0.494 e. The van der Waals surface area contributed by atoms with Crippen LogP contribution in [-0.2, 0) is 17.5 Å². The van der Waals surface area contributed by atoms with Gasteiger partial charge in [-0.2, -0.15) is 13.2 Å². The van der Waals surface area contributed by atoms with E-state index in [-0.39, 0.29) is 24.0 Å². The lowest BCUT2D eigenvalue weighted by Gasteiger charge is -2.22. The number of halogens is 3. The number of rotatable bonds is 0. The highest BCUT2D eigenvalue weighted by atomic mass is 19.4. The summed E-state index contributed by atoms with van der Waals surface area (Å²) >= 11 is 0. The zero-order valence-corrected chi connectivity index (χ0v) is 19.1. The van der Waals surface area contributed by atoms with Gasteiger partial charge in [0.2, 0.25) is 5.91 Å². The van der Waals surface area contributed by atoms with E-state index in [4.69, 9.17) is 4.74 Å². The van der Waals surface area contributed by atoms with Gasteiger partial charge in [-0.1, -0.05) is 0 Å². The van der Waals surface area contributed by atoms with Gasteiger partial charge in [0.05, 0.1) is 17.6 Å². The second-order valence-electron chi connectivity index (χ2n) is 8.49. The van der Waals surface area contributed by atoms with Gasteiger partial charge in [-0.05, 0) is 37.6 Å². The maximum Gasteiger partial charge on any atom is 0.416 e. The van der Waals surface area contributed by atoms with Gasteiger partial charge in [-0.15, -0.1) is 0 Å². The predicted molar refractivity (Wildman–Crippen MR) is 122 cm³/mol. The lowest BCUT2D eigenvalue weighted by molar-refractivity contribution is -0.137. The van der Waals surface area contributed by atoms with E-state index in [0.29, 0.717) is 55.7 Å². The highest BCUT2D eigenvalue weighted by Crippen LogP contribution is 2.36. The second-order valence-corrected chi connectivity index (χ2v) is 8.49. The molecule has 11 heteroatoms. The zero-order chi connectivity index (χ0) is 24.3. The van der Waals surface area contributed by atoms with Crippen molar-refractivity contribution in [3.8, 4) is 5.75 Å². The van der Waals surface area contributed by atoms with Crippen LogP contribution < -0.4 is 10.1 Å². The fraction of sp³-hybridized carbons (Fsp3) is 0.435. The van der Waals surface area contributed by atoms with E-state index in [1.165, 1.54) is 12.4 Å². The number of hydrogen-bond acceptors (Lipinski definition) is 6. The first-order valence-corrected chi connectivity index (χ1v) is 11.1. The molecule has 0 saturated carbocycles. The van der Waals surface area contributed by atoms with E-state index in [9.17, 15) is 18.0 Å². The smallest absolute Gasteiger partial charge is 0.416 e. The molecule has 3 aromatic rings. The number of ether oxygens (including phenoxy) is 1. The Balaban J connectivity index is 1.72. The van der Waals surface area contributed by atoms with Crippen LogP contribution in [0.25, 0.3) is 11.0 Å². The van der Waals surface area contributed by atoms with Crippen molar-refractivity contribution in [1.82, 2.24) is 24.8 Å². The van der Waals surface area contributed by atoms with Gasteiger partial charge in [-0.25, -0.2) is 9.97 Å². The lowest BCUT2D eigenvalue weighted by Crippen LogP contribution is -2.34. The molecule has 0 radical (unpaired) electrons. The number of carbonyl (C=O) groups is 1. The van der Waals surface area contributed by atoms with Gasteiger partial charge < -0.3 is 24.8 Å². The molecule has 34 heavy (non-hydrogen) atoms. The summed E-state index contributed by atoms with van der Waals surface area (Å²) < 4.78 is 46.3. The number of fused-ring (bicyclic) bond motifs is 2. The number of benzene rings is 1. The highest BCUT2D eigenvalue weighted by Gasteiger charge is 2.31. The Morgan fingerprint density at radius 2 is 1.91 bits per heavy atom. The van der Waals surface area contributed by atoms with Gasteiger partial charge >= 0.3 is 6.18 Å². The van der Waals surface area contributed by atoms with Crippen LogP contribution in [0.15, 0.2) is 30.7 Å². The van der Waals surface area contributed by atoms with Crippen molar-refractivity contribution in [3.05, 3.63) is 41.9 Å². The van der Waals surface area contributed by atoms with Crippen molar-refractivity contribution >= 4 is 28.4 Å². The average Bonchev–Trinajstić information content (AvgIpc) is 3.19. The van der Waals surface area contributed by atoms with Crippen LogP contribution in [0.5, 0.6) is 5.75 Å². The predicted octanol–water partition coefficient (Wildman–Crippen LogP) is 4.17. The molecule has 4 rings (SSSR count). The molecule has 8 nitrogen and oxygen atoms in total. The minimum absolute atomic E-state index is 0.0304. The Hall–Kier alpha value is -3.34. The third-order valence-corrected chi connectivity index (χ3v) is 5.78. The highest BCUT2D eigenvalue weighted by molar-refractivity contribution is 5.92. The summed E-state index contributed by atoms with van der Waals surface area (Å²) in [5.41, 5.74) is 0.853. The molecule has 2 N–H and O–H groups in total. The van der Waals surface area contributed by atoms with Crippen molar-refractivity contribution < 1.29 is 22.7 Å². The molecule has 2 bridgehead atoms. The summed E-state index contributed by atoms with van der Waals surface area (Å²) in [6, 6.07) is 3.53. The monoisotopic (exact) mass is 476 g/mol. The van der Waals surface area contributed by atoms with Crippen LogP contribution >= 0.6 is 0 Å². The molecule has 0 unspecified atom stereocenters. The van der Waals surface area contributed by atoms with Crippen molar-refractivity contribution in [2.24, 2.45) is 0 Å². The quantitative estimate of drug-likeness (QED) is 0.507. The number of alkyl halides is 3. The standard InChI is InChI=1S/C23H27F3N6O2/c1-31-6-7-32(2)19(33)5-3-4-8-34-18-10-16(23(24,25)26)9-17(11-18)30-22-20-15(13-31)12-27-21(20)28-14-29-22/h9-12,14H,3-8,13H2,1-2H3,(H2,27,28,29,30). The van der Waals surface area contributed by atoms with Crippen molar-refractivity contribution in [1.29, 1.82) is 0 Å². The number of aromatic amines is 1. The van der Waals surface area contributed by atoms with Crippen LogP contribution in [0.2, 0.25) is 0 Å². The number of anilines is 2. The number of nitrogens with one attached hydrogen (secondary N) is 2. The topological polar surface area (TPSA) is 86.4 Å². The zero-order valence-electron chi connectivity index (χ0n) is 19.1. The Morgan fingerprint density at radius 1 is 1.09 bits per heavy atom. The van der Waals surface area contributed by atoms with Crippen LogP contribution in [0.3, 0.4) is 0 Å². The minimum Gasteiger partial charge on any atom is -0.494 e. The number of hydrogen-bond donors (Lipinski definition) is 2. The Bertz CT molecular complexity index is 1160. The summed E-state index contributed by atoms with van der Waals surface area (Å²) in [5, 5.41) is 3.73. The van der Waals surface area contributed by atoms with Crippen LogP contribution in [0.1, 0.15) is 30.4 Å². The fourth-order valence-corrected chi connectivity index (χ4v) is 3.88. The van der Waals surface area contributed by atoms with Crippen molar-refractivity contribution in [2.75, 3.05) is 39.1 Å². The number of aromatic nitrogens is 3. The normalized spacial score (nSPS) is 17.1. The first-order chi connectivity index (χ1) is 16.2. The molecule has 182 valence electrons. The molecule has 1 aliphatic heterocycles. The molecule has 2 aromatic heterocycles. The number of nitrogens with zero attached hydrogens (tertiary/aromatic N) is 4. The summed E-state index contributed by atoms with van der Waals surface area (Å²) in [5.74, 6) is 0.525. The summed E-state index contributed by atoms with van der Waals surface area (Å²) in [7, 11) is 3.72. The van der Waals surface area contributed by atoms with Gasteiger partial charge in [0, 0.05) is 51.1 Å². The second kappa shape index (κ2) is 9.88. The van der Waals surface area contributed by atoms with Crippen molar-refractivity contribution in [3.63, 3.8) is 0 Å². The molecule has 0 aliphatic carbocycles. The van der Waals surface area contributed by atoms with Crippen LogP contribution in [0, 0.1) is 0 Å². The molecular formula is C23H27F3N6O2. The molecule has 1 aliphatic rings. The van der Waals surface area contributed by atoms with Gasteiger partial charge in [-0.3, -0.25) is 4.79 Å². The van der Waals surface area contributed by atoms with Crippen LogP contribution in [-0.4, -0.2) is 64.5 Å². The number of amides is 1. The Morgan fingerprint density at radius 3 is 2.71 bits per heavy atom. The van der Waals surface area contributed by atoms with Gasteiger partial charge in [0.1, 0.15) is 23.5 Å². The number of H-pyrrole nitrogens is 1.